The maximum Gasteiger partial charge on any atom is 0.296 e. The molecule has 1 aliphatic rings. The van der Waals surface area contributed by atoms with Crippen molar-refractivity contribution in [2.24, 2.45) is 0 Å². The van der Waals surface area contributed by atoms with Crippen molar-refractivity contribution in [2.45, 2.75) is 19.9 Å². The number of amides is 2. The van der Waals surface area contributed by atoms with E-state index in [2.05, 4.69) is 17.2 Å². The number of benzene rings is 1. The lowest BCUT2D eigenvalue weighted by Gasteiger charge is -2.10. The third-order valence-electron chi connectivity index (χ3n) is 2.95. The van der Waals surface area contributed by atoms with Crippen LogP contribution < -0.4 is 10.2 Å². The number of hydrogen-bond donors (Lipinski definition) is 1. The molecule has 1 aromatic carbocycles. The smallest absolute Gasteiger partial charge is 0.296 e. The van der Waals surface area contributed by atoms with E-state index in [1.54, 1.807) is 18.9 Å². The molecular weight excluding hydrogens is 228 g/mol. The number of likely N-dealkylation sites (N-methyl/N-ethyl adjacent to an activating group) is 1. The Kier molecular flexibility index (Phi) is 3.07. The number of hydrogen-bond acceptors (Lipinski definition) is 2. The van der Waals surface area contributed by atoms with Crippen LogP contribution in [0.2, 0.25) is 0 Å². The molecule has 1 heterocycles. The van der Waals surface area contributed by atoms with Crippen LogP contribution in [-0.4, -0.2) is 18.9 Å². The Morgan fingerprint density at radius 3 is 2.83 bits per heavy atom. The normalized spacial score (nSPS) is 16.9. The van der Waals surface area contributed by atoms with Gasteiger partial charge in [0.1, 0.15) is 6.04 Å². The Labute approximate surface area is 106 Å². The van der Waals surface area contributed by atoms with Crippen molar-refractivity contribution in [3.63, 3.8) is 0 Å². The monoisotopic (exact) mass is 242 g/mol. The maximum absolute atomic E-state index is 12.1. The van der Waals surface area contributed by atoms with Crippen LogP contribution in [0.1, 0.15) is 24.1 Å². The van der Waals surface area contributed by atoms with Gasteiger partial charge in [-0.15, -0.1) is 0 Å². The van der Waals surface area contributed by atoms with Gasteiger partial charge in [0.2, 0.25) is 0 Å². The highest BCUT2D eigenvalue weighted by molar-refractivity contribution is 6.07. The van der Waals surface area contributed by atoms with E-state index in [0.717, 1.165) is 16.8 Å². The third kappa shape index (κ3) is 1.95. The number of fused-ring (bicyclic) bond motifs is 1. The Hall–Kier alpha value is -2.28. The number of nitrogens with one attached hydrogen (secondary N) is 1. The summed E-state index contributed by atoms with van der Waals surface area (Å²) in [5.74, 6) is 4.33. The van der Waals surface area contributed by atoms with Gasteiger partial charge in [-0.25, -0.2) is 0 Å². The molecule has 1 N–H and O–H groups in total. The minimum Gasteiger partial charge on any atom is -0.329 e. The molecule has 18 heavy (non-hydrogen) atoms. The van der Waals surface area contributed by atoms with Gasteiger partial charge in [-0.2, -0.15) is 0 Å². The predicted molar refractivity (Wildman–Crippen MR) is 68.9 cm³/mol. The molecule has 0 fully saturated rings. The third-order valence-corrected chi connectivity index (χ3v) is 2.95. The highest BCUT2D eigenvalue weighted by Gasteiger charge is 2.35. The minimum absolute atomic E-state index is 0.137. The molecule has 1 aliphatic heterocycles. The van der Waals surface area contributed by atoms with E-state index < -0.39 is 11.9 Å². The Bertz CT molecular complexity index is 581. The lowest BCUT2D eigenvalue weighted by Crippen LogP contribution is -2.35. The van der Waals surface area contributed by atoms with Crippen molar-refractivity contribution in [3.05, 3.63) is 29.3 Å². The number of aryl methyl sites for hydroxylation is 1. The first-order chi connectivity index (χ1) is 8.54. The van der Waals surface area contributed by atoms with E-state index in [-0.39, 0.29) is 5.91 Å². The van der Waals surface area contributed by atoms with Crippen molar-refractivity contribution in [1.82, 2.24) is 5.32 Å². The second kappa shape index (κ2) is 4.53. The molecule has 0 spiro atoms. The molecule has 1 aromatic rings. The standard InChI is InChI=1S/C14H14N2O2/c1-4-5-12(17)15-13-10-8-9(2)6-7-11(10)16(3)14(13)18/h6-8,13H,1-3H3,(H,15,17). The quantitative estimate of drug-likeness (QED) is 0.751. The lowest BCUT2D eigenvalue weighted by molar-refractivity contribution is -0.124. The fraction of sp³-hybridized carbons (Fsp3) is 0.286. The van der Waals surface area contributed by atoms with Crippen molar-refractivity contribution < 1.29 is 9.59 Å². The van der Waals surface area contributed by atoms with Crippen LogP contribution in [0.3, 0.4) is 0 Å². The topological polar surface area (TPSA) is 49.4 Å². The molecule has 0 bridgehead atoms. The summed E-state index contributed by atoms with van der Waals surface area (Å²) >= 11 is 0. The average Bonchev–Trinajstić information content (AvgIpc) is 2.55. The van der Waals surface area contributed by atoms with E-state index in [1.165, 1.54) is 0 Å². The summed E-state index contributed by atoms with van der Waals surface area (Å²) in [5.41, 5.74) is 2.71. The number of nitrogens with zero attached hydrogens (tertiary/aromatic N) is 1. The summed E-state index contributed by atoms with van der Waals surface area (Å²) in [6, 6.07) is 5.12. The second-order valence-corrected chi connectivity index (χ2v) is 4.24. The highest BCUT2D eigenvalue weighted by Crippen LogP contribution is 2.35. The van der Waals surface area contributed by atoms with Crippen LogP contribution in [0.15, 0.2) is 18.2 Å². The number of carbonyl (C=O) groups is 2. The molecular formula is C14H14N2O2. The zero-order valence-electron chi connectivity index (χ0n) is 10.6. The second-order valence-electron chi connectivity index (χ2n) is 4.24. The van der Waals surface area contributed by atoms with Gasteiger partial charge >= 0.3 is 0 Å². The van der Waals surface area contributed by atoms with Gasteiger partial charge in [0.25, 0.3) is 11.8 Å². The average molecular weight is 242 g/mol. The maximum atomic E-state index is 12.1. The summed E-state index contributed by atoms with van der Waals surface area (Å²) in [6.45, 7) is 3.54. The first kappa shape index (κ1) is 12.2. The fourth-order valence-corrected chi connectivity index (χ4v) is 2.08. The Balaban J connectivity index is 2.37. The first-order valence-electron chi connectivity index (χ1n) is 5.66. The number of carbonyl (C=O) groups excluding carboxylic acids is 2. The summed E-state index contributed by atoms with van der Waals surface area (Å²) in [4.78, 5) is 25.1. The molecule has 0 saturated heterocycles. The van der Waals surface area contributed by atoms with Crippen LogP contribution in [-0.2, 0) is 9.59 Å². The van der Waals surface area contributed by atoms with Gasteiger partial charge in [0, 0.05) is 18.3 Å². The van der Waals surface area contributed by atoms with Crippen LogP contribution >= 0.6 is 0 Å². The number of rotatable bonds is 1. The van der Waals surface area contributed by atoms with Gasteiger partial charge in [-0.1, -0.05) is 23.6 Å². The molecule has 0 aliphatic carbocycles. The first-order valence-corrected chi connectivity index (χ1v) is 5.66. The molecule has 0 saturated carbocycles. The summed E-state index contributed by atoms with van der Waals surface area (Å²) < 4.78 is 0. The SMILES string of the molecule is CC#CC(=O)NC1C(=O)N(C)c2ccc(C)cc21. The van der Waals surface area contributed by atoms with Gasteiger partial charge in [-0.05, 0) is 25.8 Å². The largest absolute Gasteiger partial charge is 0.329 e. The van der Waals surface area contributed by atoms with Crippen molar-refractivity contribution in [2.75, 3.05) is 11.9 Å². The Morgan fingerprint density at radius 2 is 2.17 bits per heavy atom. The van der Waals surface area contributed by atoms with Crippen LogP contribution in [0.5, 0.6) is 0 Å². The Morgan fingerprint density at radius 1 is 1.44 bits per heavy atom. The molecule has 0 radical (unpaired) electrons. The van der Waals surface area contributed by atoms with Crippen molar-refractivity contribution in [3.8, 4) is 11.8 Å². The summed E-state index contributed by atoms with van der Waals surface area (Å²) in [5, 5.41) is 2.64. The van der Waals surface area contributed by atoms with Crippen LogP contribution in [0.25, 0.3) is 0 Å². The number of anilines is 1. The van der Waals surface area contributed by atoms with Crippen molar-refractivity contribution >= 4 is 17.5 Å². The van der Waals surface area contributed by atoms with Crippen molar-refractivity contribution in [1.29, 1.82) is 0 Å². The fourth-order valence-electron chi connectivity index (χ4n) is 2.08. The molecule has 92 valence electrons. The predicted octanol–water partition coefficient (Wildman–Crippen LogP) is 1.15. The minimum atomic E-state index is -0.627. The van der Waals surface area contributed by atoms with E-state index in [4.69, 9.17) is 0 Å². The molecule has 2 amide bonds. The van der Waals surface area contributed by atoms with Gasteiger partial charge in [0.15, 0.2) is 0 Å². The van der Waals surface area contributed by atoms with Crippen LogP contribution in [0, 0.1) is 18.8 Å². The zero-order chi connectivity index (χ0) is 13.3. The van der Waals surface area contributed by atoms with E-state index >= 15 is 0 Å². The lowest BCUT2D eigenvalue weighted by atomic mass is 10.1. The van der Waals surface area contributed by atoms with E-state index in [9.17, 15) is 9.59 Å². The van der Waals surface area contributed by atoms with Gasteiger partial charge in [-0.3, -0.25) is 9.59 Å². The van der Waals surface area contributed by atoms with Crippen LogP contribution in [0.4, 0.5) is 5.69 Å². The van der Waals surface area contributed by atoms with Gasteiger partial charge in [0.05, 0.1) is 0 Å². The molecule has 2 rings (SSSR count). The highest BCUT2D eigenvalue weighted by atomic mass is 16.2. The molecule has 1 unspecified atom stereocenters. The van der Waals surface area contributed by atoms with E-state index in [1.807, 2.05) is 25.1 Å². The van der Waals surface area contributed by atoms with E-state index in [0.29, 0.717) is 0 Å². The molecule has 4 nitrogen and oxygen atoms in total. The summed E-state index contributed by atoms with van der Waals surface area (Å²) in [6.07, 6.45) is 0. The molecule has 1 atom stereocenters. The van der Waals surface area contributed by atoms with Gasteiger partial charge < -0.3 is 10.2 Å². The molecule has 4 heteroatoms. The molecule has 0 aromatic heterocycles. The summed E-state index contributed by atoms with van der Waals surface area (Å²) in [7, 11) is 1.70. The zero-order valence-corrected chi connectivity index (χ0v) is 10.6.